The van der Waals surface area contributed by atoms with Crippen molar-refractivity contribution in [3.8, 4) is 5.75 Å². The first-order chi connectivity index (χ1) is 16.1. The molecule has 2 N–H and O–H groups in total. The van der Waals surface area contributed by atoms with Crippen LogP contribution in [0.2, 0.25) is 0 Å². The number of likely N-dealkylation sites (tertiary alicyclic amines) is 1. The van der Waals surface area contributed by atoms with Crippen molar-refractivity contribution < 1.29 is 19.4 Å². The summed E-state index contributed by atoms with van der Waals surface area (Å²) in [5, 5.41) is 12.3. The van der Waals surface area contributed by atoms with Gasteiger partial charge in [0, 0.05) is 34.3 Å². The van der Waals surface area contributed by atoms with E-state index in [2.05, 4.69) is 4.98 Å². The van der Waals surface area contributed by atoms with Crippen LogP contribution >= 0.6 is 0 Å². The predicted molar refractivity (Wildman–Crippen MR) is 127 cm³/mol. The molecule has 5 rings (SSSR count). The van der Waals surface area contributed by atoms with Crippen molar-refractivity contribution in [3.63, 3.8) is 0 Å². The first kappa shape index (κ1) is 21.3. The lowest BCUT2D eigenvalue weighted by Crippen LogP contribution is -2.37. The van der Waals surface area contributed by atoms with Crippen LogP contribution in [-0.2, 0) is 9.59 Å². The molecule has 2 fully saturated rings. The van der Waals surface area contributed by atoms with Crippen molar-refractivity contribution in [1.82, 2.24) is 9.88 Å². The monoisotopic (exact) mass is 444 g/mol. The number of nitrogens with zero attached hydrogens (tertiary/aromatic N) is 1. The topological polar surface area (TPSA) is 82.6 Å². The minimum Gasteiger partial charge on any atom is -0.507 e. The zero-order valence-corrected chi connectivity index (χ0v) is 18.7. The Morgan fingerprint density at radius 1 is 1.09 bits per heavy atom. The molecule has 1 saturated heterocycles. The van der Waals surface area contributed by atoms with Gasteiger partial charge < -0.3 is 19.7 Å². The second kappa shape index (κ2) is 8.77. The number of aromatic amines is 1. The van der Waals surface area contributed by atoms with Crippen molar-refractivity contribution in [2.45, 2.75) is 51.1 Å². The third kappa shape index (κ3) is 3.69. The van der Waals surface area contributed by atoms with Gasteiger partial charge in [-0.05, 0) is 49.6 Å². The van der Waals surface area contributed by atoms with E-state index in [1.165, 1.54) is 0 Å². The standard InChI is InChI=1S/C27H28N2O4/c1-2-15-33-19-13-11-17(12-14-19)25(30)23-24(21-16-28-22-10-6-5-9-20(21)22)29(27(32)26(23)31)18-7-3-4-8-18/h5-6,9-14,16,18,24,28,30H,2-4,7-8,15H2,1H3/b25-23+. The Hall–Kier alpha value is -3.54. The average Bonchev–Trinajstić information content (AvgIpc) is 3.57. The lowest BCUT2D eigenvalue weighted by Gasteiger charge is -2.30. The molecule has 1 amide bonds. The SMILES string of the molecule is CCCOc1ccc(/C(O)=C2\C(=O)C(=O)N(C3CCCC3)C2c2c[nH]c3ccccc23)cc1. The van der Waals surface area contributed by atoms with E-state index < -0.39 is 17.7 Å². The van der Waals surface area contributed by atoms with Gasteiger partial charge in [0.1, 0.15) is 11.5 Å². The van der Waals surface area contributed by atoms with Crippen LogP contribution in [0.4, 0.5) is 0 Å². The van der Waals surface area contributed by atoms with E-state index in [0.29, 0.717) is 17.9 Å². The summed E-state index contributed by atoms with van der Waals surface area (Å²) in [6.45, 7) is 2.65. The number of fused-ring (bicyclic) bond motifs is 1. The third-order valence-corrected chi connectivity index (χ3v) is 6.71. The number of amides is 1. The highest BCUT2D eigenvalue weighted by atomic mass is 16.5. The molecular formula is C27H28N2O4. The number of aliphatic hydroxyl groups is 1. The van der Waals surface area contributed by atoms with Crippen LogP contribution in [0.5, 0.6) is 5.75 Å². The van der Waals surface area contributed by atoms with Gasteiger partial charge in [-0.15, -0.1) is 0 Å². The van der Waals surface area contributed by atoms with Crippen molar-refractivity contribution in [2.75, 3.05) is 6.61 Å². The minimum atomic E-state index is -0.625. The van der Waals surface area contributed by atoms with Crippen molar-refractivity contribution >= 4 is 28.4 Å². The highest BCUT2D eigenvalue weighted by molar-refractivity contribution is 6.46. The van der Waals surface area contributed by atoms with Crippen molar-refractivity contribution in [2.24, 2.45) is 0 Å². The number of rotatable bonds is 6. The summed E-state index contributed by atoms with van der Waals surface area (Å²) < 4.78 is 5.64. The number of aromatic nitrogens is 1. The molecule has 1 aliphatic carbocycles. The molecule has 2 aromatic carbocycles. The van der Waals surface area contributed by atoms with Crippen LogP contribution in [0.1, 0.15) is 56.2 Å². The Morgan fingerprint density at radius 3 is 2.55 bits per heavy atom. The summed E-state index contributed by atoms with van der Waals surface area (Å²) in [5.41, 5.74) is 2.41. The smallest absolute Gasteiger partial charge is 0.295 e. The normalized spacial score (nSPS) is 20.8. The molecule has 33 heavy (non-hydrogen) atoms. The average molecular weight is 445 g/mol. The van der Waals surface area contributed by atoms with Gasteiger partial charge in [-0.1, -0.05) is 38.0 Å². The Balaban J connectivity index is 1.63. The van der Waals surface area contributed by atoms with Gasteiger partial charge >= 0.3 is 0 Å². The Morgan fingerprint density at radius 2 is 1.82 bits per heavy atom. The van der Waals surface area contributed by atoms with Crippen LogP contribution in [0.15, 0.2) is 60.3 Å². The zero-order chi connectivity index (χ0) is 22.9. The minimum absolute atomic E-state index is 0.00441. The number of Topliss-reactive ketones (excluding diaryl/α,β-unsaturated/α-hetero) is 1. The first-order valence-electron chi connectivity index (χ1n) is 11.7. The Kier molecular flexibility index (Phi) is 5.67. The summed E-state index contributed by atoms with van der Waals surface area (Å²) >= 11 is 0. The lowest BCUT2D eigenvalue weighted by molar-refractivity contribution is -0.141. The number of carbonyl (C=O) groups is 2. The highest BCUT2D eigenvalue weighted by Crippen LogP contribution is 2.45. The number of hydrogen-bond donors (Lipinski definition) is 2. The van der Waals surface area contributed by atoms with Crippen LogP contribution in [0.3, 0.4) is 0 Å². The maximum atomic E-state index is 13.3. The highest BCUT2D eigenvalue weighted by Gasteiger charge is 2.49. The summed E-state index contributed by atoms with van der Waals surface area (Å²) in [6, 6.07) is 14.2. The number of carbonyl (C=O) groups excluding carboxylic acids is 2. The van der Waals surface area contributed by atoms with Gasteiger partial charge in [-0.3, -0.25) is 9.59 Å². The van der Waals surface area contributed by atoms with Crippen LogP contribution in [0, 0.1) is 0 Å². The zero-order valence-electron chi connectivity index (χ0n) is 18.7. The number of nitrogens with one attached hydrogen (secondary N) is 1. The van der Waals surface area contributed by atoms with Crippen molar-refractivity contribution in [3.05, 3.63) is 71.4 Å². The molecule has 1 aliphatic heterocycles. The molecule has 6 nitrogen and oxygen atoms in total. The van der Waals surface area contributed by atoms with E-state index in [0.717, 1.165) is 48.6 Å². The fourth-order valence-corrected chi connectivity index (χ4v) is 5.12. The number of aliphatic hydroxyl groups excluding tert-OH is 1. The van der Waals surface area contributed by atoms with Gasteiger partial charge in [0.15, 0.2) is 0 Å². The summed E-state index contributed by atoms with van der Waals surface area (Å²) in [5.74, 6) is -0.596. The van der Waals surface area contributed by atoms with E-state index >= 15 is 0 Å². The second-order valence-corrected chi connectivity index (χ2v) is 8.81. The molecule has 1 unspecified atom stereocenters. The fourth-order valence-electron chi connectivity index (χ4n) is 5.12. The molecule has 6 heteroatoms. The van der Waals surface area contributed by atoms with Gasteiger partial charge in [-0.2, -0.15) is 0 Å². The van der Waals surface area contributed by atoms with Crippen LogP contribution in [-0.4, -0.2) is 39.3 Å². The van der Waals surface area contributed by atoms with E-state index in [-0.39, 0.29) is 17.4 Å². The number of H-pyrrole nitrogens is 1. The molecule has 1 saturated carbocycles. The Bertz CT molecular complexity index is 1220. The molecule has 0 spiro atoms. The number of ether oxygens (including phenoxy) is 1. The fraction of sp³-hybridized carbons (Fsp3) is 0.333. The molecule has 170 valence electrons. The van der Waals surface area contributed by atoms with E-state index in [1.807, 2.05) is 37.4 Å². The number of benzene rings is 2. The maximum absolute atomic E-state index is 13.3. The summed E-state index contributed by atoms with van der Waals surface area (Å²) in [7, 11) is 0. The quantitative estimate of drug-likeness (QED) is 0.306. The van der Waals surface area contributed by atoms with Gasteiger partial charge in [-0.25, -0.2) is 0 Å². The first-order valence-corrected chi connectivity index (χ1v) is 11.7. The third-order valence-electron chi connectivity index (χ3n) is 6.71. The maximum Gasteiger partial charge on any atom is 0.295 e. The van der Waals surface area contributed by atoms with Crippen LogP contribution in [0.25, 0.3) is 16.7 Å². The van der Waals surface area contributed by atoms with Gasteiger partial charge in [0.25, 0.3) is 11.7 Å². The number of ketones is 1. The summed E-state index contributed by atoms with van der Waals surface area (Å²) in [6.07, 6.45) is 6.57. The molecule has 2 aliphatic rings. The molecule has 3 aromatic rings. The second-order valence-electron chi connectivity index (χ2n) is 8.81. The summed E-state index contributed by atoms with van der Waals surface area (Å²) in [4.78, 5) is 31.5. The number of hydrogen-bond acceptors (Lipinski definition) is 4. The molecule has 0 radical (unpaired) electrons. The molecule has 2 heterocycles. The molecule has 1 atom stereocenters. The molecule has 1 aromatic heterocycles. The van der Waals surface area contributed by atoms with Gasteiger partial charge in [0.05, 0.1) is 18.2 Å². The molecule has 0 bridgehead atoms. The van der Waals surface area contributed by atoms with Crippen LogP contribution < -0.4 is 4.74 Å². The van der Waals surface area contributed by atoms with E-state index in [9.17, 15) is 14.7 Å². The predicted octanol–water partition coefficient (Wildman–Crippen LogP) is 5.32. The van der Waals surface area contributed by atoms with E-state index in [1.54, 1.807) is 29.2 Å². The molecular weight excluding hydrogens is 416 g/mol. The van der Waals surface area contributed by atoms with E-state index in [4.69, 9.17) is 4.74 Å². The largest absolute Gasteiger partial charge is 0.507 e. The Labute approximate surface area is 192 Å². The van der Waals surface area contributed by atoms with Gasteiger partial charge in [0.2, 0.25) is 0 Å². The number of para-hydroxylation sites is 1. The lowest BCUT2D eigenvalue weighted by atomic mass is 9.94. The van der Waals surface area contributed by atoms with Crippen molar-refractivity contribution in [1.29, 1.82) is 0 Å².